The molecule has 1 amide bonds. The van der Waals surface area contributed by atoms with Crippen molar-refractivity contribution in [1.82, 2.24) is 5.32 Å². The largest absolute Gasteiger partial charge is 0.388 e. The highest BCUT2D eigenvalue weighted by atomic mass is 35.5. The van der Waals surface area contributed by atoms with Gasteiger partial charge in [-0.05, 0) is 36.5 Å². The molecule has 0 saturated heterocycles. The van der Waals surface area contributed by atoms with Crippen LogP contribution in [0.5, 0.6) is 0 Å². The zero-order valence-corrected chi connectivity index (χ0v) is 13.1. The van der Waals surface area contributed by atoms with E-state index < -0.39 is 5.60 Å². The lowest BCUT2D eigenvalue weighted by molar-refractivity contribution is -0.118. The Morgan fingerprint density at radius 3 is 3.00 bits per heavy atom. The van der Waals surface area contributed by atoms with E-state index in [1.807, 2.05) is 18.2 Å². The standard InChI is InChI=1S/C17H22ClNO2/c1-13-5-4-10-17(21,11-13)12-19-16(20)9-8-14-6-2-3-7-15(14)18/h2-3,6-9,13,21H,4-5,10-12H2,1H3,(H,19,20). The van der Waals surface area contributed by atoms with Gasteiger partial charge < -0.3 is 10.4 Å². The third kappa shape index (κ3) is 4.87. The summed E-state index contributed by atoms with van der Waals surface area (Å²) in [7, 11) is 0. The molecule has 0 bridgehead atoms. The summed E-state index contributed by atoms with van der Waals surface area (Å²) in [4.78, 5) is 11.8. The Morgan fingerprint density at radius 2 is 2.29 bits per heavy atom. The van der Waals surface area contributed by atoms with Crippen molar-refractivity contribution in [3.05, 3.63) is 40.9 Å². The van der Waals surface area contributed by atoms with E-state index in [9.17, 15) is 9.90 Å². The second-order valence-corrected chi connectivity index (χ2v) is 6.41. The molecule has 3 nitrogen and oxygen atoms in total. The third-order valence-electron chi connectivity index (χ3n) is 3.98. The molecule has 21 heavy (non-hydrogen) atoms. The topological polar surface area (TPSA) is 49.3 Å². The van der Waals surface area contributed by atoms with Crippen molar-refractivity contribution in [2.45, 2.75) is 38.2 Å². The highest BCUT2D eigenvalue weighted by molar-refractivity contribution is 6.32. The van der Waals surface area contributed by atoms with Crippen molar-refractivity contribution < 1.29 is 9.90 Å². The second kappa shape index (κ2) is 7.10. The normalized spacial score (nSPS) is 26.0. The van der Waals surface area contributed by atoms with E-state index >= 15 is 0 Å². The Kier molecular flexibility index (Phi) is 5.43. The van der Waals surface area contributed by atoms with E-state index in [1.165, 1.54) is 6.08 Å². The van der Waals surface area contributed by atoms with Crippen LogP contribution in [-0.4, -0.2) is 23.2 Å². The summed E-state index contributed by atoms with van der Waals surface area (Å²) in [5, 5.41) is 13.9. The van der Waals surface area contributed by atoms with Crippen LogP contribution >= 0.6 is 11.6 Å². The fourth-order valence-electron chi connectivity index (χ4n) is 2.88. The molecule has 2 N–H and O–H groups in total. The van der Waals surface area contributed by atoms with Crippen LogP contribution in [0.4, 0.5) is 0 Å². The molecule has 1 saturated carbocycles. The number of carbonyl (C=O) groups is 1. The Labute approximate surface area is 131 Å². The summed E-state index contributed by atoms with van der Waals surface area (Å²) in [5.74, 6) is 0.306. The van der Waals surface area contributed by atoms with Crippen LogP contribution in [0, 0.1) is 5.92 Å². The zero-order chi connectivity index (χ0) is 15.3. The van der Waals surface area contributed by atoms with Crippen LogP contribution in [0.25, 0.3) is 6.08 Å². The van der Waals surface area contributed by atoms with E-state index in [0.717, 1.165) is 31.2 Å². The first-order valence-electron chi connectivity index (χ1n) is 7.41. The van der Waals surface area contributed by atoms with Crippen LogP contribution in [0.3, 0.4) is 0 Å². The maximum Gasteiger partial charge on any atom is 0.244 e. The van der Waals surface area contributed by atoms with Gasteiger partial charge in [0.25, 0.3) is 0 Å². The zero-order valence-electron chi connectivity index (χ0n) is 12.3. The third-order valence-corrected chi connectivity index (χ3v) is 4.32. The number of nitrogens with one attached hydrogen (secondary N) is 1. The second-order valence-electron chi connectivity index (χ2n) is 6.00. The molecule has 2 rings (SSSR count). The molecule has 4 heteroatoms. The van der Waals surface area contributed by atoms with Crippen molar-refractivity contribution in [1.29, 1.82) is 0 Å². The first-order chi connectivity index (χ1) is 9.98. The maximum atomic E-state index is 11.8. The van der Waals surface area contributed by atoms with Gasteiger partial charge in [0.15, 0.2) is 0 Å². The quantitative estimate of drug-likeness (QED) is 0.838. The monoisotopic (exact) mass is 307 g/mol. The maximum absolute atomic E-state index is 11.8. The van der Waals surface area contributed by atoms with Gasteiger partial charge in [0, 0.05) is 17.6 Å². The average Bonchev–Trinajstić information content (AvgIpc) is 2.44. The fraction of sp³-hybridized carbons (Fsp3) is 0.471. The molecule has 1 aliphatic rings. The predicted octanol–water partition coefficient (Wildman–Crippen LogP) is 3.41. The molecule has 2 atom stereocenters. The smallest absolute Gasteiger partial charge is 0.244 e. The molecule has 1 aliphatic carbocycles. The highest BCUT2D eigenvalue weighted by Crippen LogP contribution is 2.31. The van der Waals surface area contributed by atoms with Gasteiger partial charge in [-0.25, -0.2) is 0 Å². The molecule has 0 aromatic heterocycles. The van der Waals surface area contributed by atoms with Gasteiger partial charge in [0.2, 0.25) is 5.91 Å². The summed E-state index contributed by atoms with van der Waals surface area (Å²) in [6.45, 7) is 2.45. The number of aliphatic hydroxyl groups is 1. The number of amides is 1. The number of hydrogen-bond donors (Lipinski definition) is 2. The van der Waals surface area contributed by atoms with Crippen LogP contribution in [0.1, 0.15) is 38.2 Å². The van der Waals surface area contributed by atoms with Gasteiger partial charge in [-0.1, -0.05) is 49.6 Å². The molecule has 0 radical (unpaired) electrons. The molecule has 0 spiro atoms. The van der Waals surface area contributed by atoms with Crippen molar-refractivity contribution in [3.63, 3.8) is 0 Å². The van der Waals surface area contributed by atoms with E-state index in [-0.39, 0.29) is 5.91 Å². The van der Waals surface area contributed by atoms with E-state index in [0.29, 0.717) is 17.5 Å². The van der Waals surface area contributed by atoms with Gasteiger partial charge in [-0.15, -0.1) is 0 Å². The lowest BCUT2D eigenvalue weighted by atomic mass is 9.79. The van der Waals surface area contributed by atoms with Crippen LogP contribution in [0.15, 0.2) is 30.3 Å². The molecule has 114 valence electrons. The SMILES string of the molecule is CC1CCCC(O)(CNC(=O)C=Cc2ccccc2Cl)C1. The van der Waals surface area contributed by atoms with E-state index in [2.05, 4.69) is 12.2 Å². The molecular weight excluding hydrogens is 286 g/mol. The van der Waals surface area contributed by atoms with Crippen molar-refractivity contribution >= 4 is 23.6 Å². The van der Waals surface area contributed by atoms with Crippen LogP contribution in [-0.2, 0) is 4.79 Å². The van der Waals surface area contributed by atoms with E-state index in [1.54, 1.807) is 12.1 Å². The van der Waals surface area contributed by atoms with Crippen molar-refractivity contribution in [2.24, 2.45) is 5.92 Å². The lowest BCUT2D eigenvalue weighted by Gasteiger charge is -2.35. The van der Waals surface area contributed by atoms with Gasteiger partial charge >= 0.3 is 0 Å². The van der Waals surface area contributed by atoms with E-state index in [4.69, 9.17) is 11.6 Å². The summed E-state index contributed by atoms with van der Waals surface area (Å²) in [5.41, 5.74) is 0.0465. The number of carbonyl (C=O) groups excluding carboxylic acids is 1. The minimum absolute atomic E-state index is 0.207. The highest BCUT2D eigenvalue weighted by Gasteiger charge is 2.32. The molecule has 1 fully saturated rings. The Bertz CT molecular complexity index is 529. The lowest BCUT2D eigenvalue weighted by Crippen LogP contribution is -2.45. The molecular formula is C17H22ClNO2. The minimum atomic E-state index is -0.758. The molecule has 1 aromatic carbocycles. The first-order valence-corrected chi connectivity index (χ1v) is 7.79. The molecule has 0 heterocycles. The van der Waals surface area contributed by atoms with Gasteiger partial charge in [0.05, 0.1) is 5.60 Å². The van der Waals surface area contributed by atoms with Crippen molar-refractivity contribution in [2.75, 3.05) is 6.54 Å². The summed E-state index contributed by atoms with van der Waals surface area (Å²) in [6, 6.07) is 7.35. The number of rotatable bonds is 4. The Hall–Kier alpha value is -1.32. The molecule has 0 aliphatic heterocycles. The van der Waals surface area contributed by atoms with Gasteiger partial charge in [-0.2, -0.15) is 0 Å². The van der Waals surface area contributed by atoms with Crippen molar-refractivity contribution in [3.8, 4) is 0 Å². The van der Waals surface area contributed by atoms with Gasteiger partial charge in [-0.3, -0.25) is 4.79 Å². The summed E-state index contributed by atoms with van der Waals surface area (Å²) in [6.07, 6.45) is 6.82. The predicted molar refractivity (Wildman–Crippen MR) is 86.1 cm³/mol. The molecule has 2 unspecified atom stereocenters. The Balaban J connectivity index is 1.86. The number of halogens is 1. The van der Waals surface area contributed by atoms with Gasteiger partial charge in [0.1, 0.15) is 0 Å². The number of benzene rings is 1. The molecule has 1 aromatic rings. The Morgan fingerprint density at radius 1 is 1.52 bits per heavy atom. The van der Waals surface area contributed by atoms with Crippen LogP contribution < -0.4 is 5.32 Å². The minimum Gasteiger partial charge on any atom is -0.388 e. The summed E-state index contributed by atoms with van der Waals surface area (Å²) >= 11 is 6.02. The average molecular weight is 308 g/mol. The summed E-state index contributed by atoms with van der Waals surface area (Å²) < 4.78 is 0. The first kappa shape index (κ1) is 16.1. The van der Waals surface area contributed by atoms with Crippen LogP contribution in [0.2, 0.25) is 5.02 Å². The number of hydrogen-bond acceptors (Lipinski definition) is 2. The fourth-order valence-corrected chi connectivity index (χ4v) is 3.08.